The smallest absolute Gasteiger partial charge is 0.253 e. The minimum Gasteiger partial charge on any atom is -0.345 e. The van der Waals surface area contributed by atoms with Crippen LogP contribution in [0.4, 0.5) is 11.4 Å². The van der Waals surface area contributed by atoms with E-state index in [1.807, 2.05) is 0 Å². The van der Waals surface area contributed by atoms with E-state index in [1.165, 1.54) is 29.2 Å². The quantitative estimate of drug-likeness (QED) is 0.793. The lowest BCUT2D eigenvalue weighted by Crippen LogP contribution is -2.37. The maximum absolute atomic E-state index is 12.3. The molecule has 0 spiro atoms. The van der Waals surface area contributed by atoms with Gasteiger partial charge in [0.25, 0.3) is 5.91 Å². The van der Waals surface area contributed by atoms with Crippen molar-refractivity contribution in [2.24, 2.45) is 0 Å². The van der Waals surface area contributed by atoms with E-state index in [0.717, 1.165) is 10.6 Å². The molecule has 0 saturated carbocycles. The van der Waals surface area contributed by atoms with Gasteiger partial charge < -0.3 is 10.2 Å². The van der Waals surface area contributed by atoms with Gasteiger partial charge in [0.05, 0.1) is 22.7 Å². The van der Waals surface area contributed by atoms with Crippen molar-refractivity contribution in [2.75, 3.05) is 36.5 Å². The molecule has 0 fully saturated rings. The largest absolute Gasteiger partial charge is 0.345 e. The number of para-hydroxylation sites is 1. The summed E-state index contributed by atoms with van der Waals surface area (Å²) < 4.78 is 25.3. The predicted octanol–water partition coefficient (Wildman–Crippen LogP) is 2.45. The van der Waals surface area contributed by atoms with Gasteiger partial charge in [0.1, 0.15) is 6.54 Å². The van der Waals surface area contributed by atoms with Crippen LogP contribution in [0.5, 0.6) is 0 Å². The molecule has 2 aromatic rings. The molecule has 2 amide bonds. The highest BCUT2D eigenvalue weighted by Crippen LogP contribution is 2.22. The molecule has 0 unspecified atom stereocenters. The van der Waals surface area contributed by atoms with Crippen LogP contribution in [0.1, 0.15) is 10.4 Å². The second-order valence-electron chi connectivity index (χ2n) is 6.04. The van der Waals surface area contributed by atoms with Gasteiger partial charge in [0.15, 0.2) is 0 Å². The number of nitrogens with zero attached hydrogens (tertiary/aromatic N) is 2. The van der Waals surface area contributed by atoms with Crippen LogP contribution in [0.15, 0.2) is 48.5 Å². The third-order valence-corrected chi connectivity index (χ3v) is 5.11. The van der Waals surface area contributed by atoms with Crippen LogP contribution < -0.4 is 9.62 Å². The molecular weight excluding hydrogens is 390 g/mol. The molecule has 2 aromatic carbocycles. The van der Waals surface area contributed by atoms with E-state index in [0.29, 0.717) is 16.3 Å². The molecule has 0 heterocycles. The van der Waals surface area contributed by atoms with Gasteiger partial charge >= 0.3 is 0 Å². The first-order valence-corrected chi connectivity index (χ1v) is 10.2. The summed E-state index contributed by atoms with van der Waals surface area (Å²) >= 11 is 6.00. The van der Waals surface area contributed by atoms with Gasteiger partial charge in [-0.2, -0.15) is 0 Å². The lowest BCUT2D eigenvalue weighted by Gasteiger charge is -2.22. The molecule has 0 bridgehead atoms. The summed E-state index contributed by atoms with van der Waals surface area (Å²) in [5.41, 5.74) is 1.09. The zero-order valence-electron chi connectivity index (χ0n) is 15.1. The highest BCUT2D eigenvalue weighted by atomic mass is 35.5. The zero-order valence-corrected chi connectivity index (χ0v) is 16.7. The average Bonchev–Trinajstić information content (AvgIpc) is 2.60. The Labute approximate surface area is 163 Å². The van der Waals surface area contributed by atoms with Gasteiger partial charge in [0, 0.05) is 19.7 Å². The molecule has 7 nitrogen and oxygen atoms in total. The Balaban J connectivity index is 2.22. The summed E-state index contributed by atoms with van der Waals surface area (Å²) in [6.07, 6.45) is 1.01. The Morgan fingerprint density at radius 1 is 1.04 bits per heavy atom. The van der Waals surface area contributed by atoms with Crippen molar-refractivity contribution in [1.29, 1.82) is 0 Å². The monoisotopic (exact) mass is 409 g/mol. The van der Waals surface area contributed by atoms with Crippen LogP contribution in [0.2, 0.25) is 5.02 Å². The lowest BCUT2D eigenvalue weighted by atomic mass is 10.2. The van der Waals surface area contributed by atoms with Crippen molar-refractivity contribution < 1.29 is 18.0 Å². The third kappa shape index (κ3) is 5.45. The first-order valence-electron chi connectivity index (χ1n) is 7.93. The summed E-state index contributed by atoms with van der Waals surface area (Å²) in [6.45, 7) is -0.426. The van der Waals surface area contributed by atoms with Crippen molar-refractivity contribution >= 4 is 44.8 Å². The Morgan fingerprint density at radius 2 is 1.63 bits per heavy atom. The van der Waals surface area contributed by atoms with Crippen LogP contribution in [0.3, 0.4) is 0 Å². The predicted molar refractivity (Wildman–Crippen MR) is 107 cm³/mol. The molecular formula is C18H20ClN3O4S. The number of rotatable bonds is 6. The number of anilines is 2. The number of amides is 2. The summed E-state index contributed by atoms with van der Waals surface area (Å²) in [7, 11) is -0.474. The van der Waals surface area contributed by atoms with Crippen molar-refractivity contribution in [3.05, 3.63) is 59.1 Å². The van der Waals surface area contributed by atoms with Crippen LogP contribution in [0.25, 0.3) is 0 Å². The maximum Gasteiger partial charge on any atom is 0.253 e. The minimum absolute atomic E-state index is 0.205. The van der Waals surface area contributed by atoms with Gasteiger partial charge in [0.2, 0.25) is 15.9 Å². The lowest BCUT2D eigenvalue weighted by molar-refractivity contribution is -0.114. The molecule has 1 N–H and O–H groups in total. The third-order valence-electron chi connectivity index (χ3n) is 3.64. The highest BCUT2D eigenvalue weighted by molar-refractivity contribution is 7.92. The van der Waals surface area contributed by atoms with Crippen LogP contribution in [-0.2, 0) is 14.8 Å². The van der Waals surface area contributed by atoms with Gasteiger partial charge in [-0.15, -0.1) is 0 Å². The minimum atomic E-state index is -3.72. The topological polar surface area (TPSA) is 86.8 Å². The maximum atomic E-state index is 12.3. The Bertz CT molecular complexity index is 943. The highest BCUT2D eigenvalue weighted by Gasteiger charge is 2.21. The second-order valence-corrected chi connectivity index (χ2v) is 8.36. The van der Waals surface area contributed by atoms with Crippen molar-refractivity contribution in [3.63, 3.8) is 0 Å². The second kappa shape index (κ2) is 8.41. The standard InChI is InChI=1S/C18H20ClN3O4S/c1-21(2)18(24)13-8-10-14(11-9-13)22(27(3,25)26)12-17(23)20-16-7-5-4-6-15(16)19/h4-11H,12H2,1-3H3,(H,20,23). The SMILES string of the molecule is CN(C)C(=O)c1ccc(N(CC(=O)Nc2ccccc2Cl)S(C)(=O)=O)cc1. The first kappa shape index (κ1) is 20.7. The van der Waals surface area contributed by atoms with E-state index < -0.39 is 22.5 Å². The Kier molecular flexibility index (Phi) is 6.45. The van der Waals surface area contributed by atoms with Gasteiger partial charge in [-0.3, -0.25) is 13.9 Å². The van der Waals surface area contributed by atoms with E-state index in [2.05, 4.69) is 5.32 Å². The molecule has 0 saturated heterocycles. The van der Waals surface area contributed by atoms with E-state index >= 15 is 0 Å². The van der Waals surface area contributed by atoms with Gasteiger partial charge in [-0.1, -0.05) is 23.7 Å². The van der Waals surface area contributed by atoms with Gasteiger partial charge in [-0.05, 0) is 36.4 Å². The Hall–Kier alpha value is -2.58. The molecule has 0 atom stereocenters. The van der Waals surface area contributed by atoms with E-state index in [-0.39, 0.29) is 11.6 Å². The normalized spacial score (nSPS) is 11.0. The fourth-order valence-electron chi connectivity index (χ4n) is 2.31. The van der Waals surface area contributed by atoms with Crippen LogP contribution >= 0.6 is 11.6 Å². The number of halogens is 1. The number of benzene rings is 2. The summed E-state index contributed by atoms with van der Waals surface area (Å²) in [6, 6.07) is 12.7. The zero-order chi connectivity index (χ0) is 20.2. The molecule has 0 aromatic heterocycles. The van der Waals surface area contributed by atoms with Crippen LogP contribution in [0, 0.1) is 0 Å². The van der Waals surface area contributed by atoms with Crippen LogP contribution in [-0.4, -0.2) is 52.0 Å². The molecule has 0 aliphatic heterocycles. The molecule has 2 rings (SSSR count). The van der Waals surface area contributed by atoms with Crippen molar-refractivity contribution in [3.8, 4) is 0 Å². The number of sulfonamides is 1. The molecule has 0 aliphatic rings. The average molecular weight is 410 g/mol. The Morgan fingerprint density at radius 3 is 2.15 bits per heavy atom. The van der Waals surface area contributed by atoms with E-state index in [4.69, 9.17) is 11.6 Å². The number of carbonyl (C=O) groups excluding carboxylic acids is 2. The number of carbonyl (C=O) groups is 2. The van der Waals surface area contributed by atoms with Gasteiger partial charge in [-0.25, -0.2) is 8.42 Å². The molecule has 27 heavy (non-hydrogen) atoms. The number of hydrogen-bond acceptors (Lipinski definition) is 4. The molecule has 0 radical (unpaired) electrons. The summed E-state index contributed by atoms with van der Waals surface area (Å²) in [5.74, 6) is -0.745. The number of hydrogen-bond donors (Lipinski definition) is 1. The van der Waals surface area contributed by atoms with E-state index in [1.54, 1.807) is 38.4 Å². The van der Waals surface area contributed by atoms with E-state index in [9.17, 15) is 18.0 Å². The van der Waals surface area contributed by atoms with Crippen molar-refractivity contribution in [2.45, 2.75) is 0 Å². The first-order chi connectivity index (χ1) is 12.6. The number of nitrogens with one attached hydrogen (secondary N) is 1. The molecule has 0 aliphatic carbocycles. The fourth-order valence-corrected chi connectivity index (χ4v) is 3.35. The fraction of sp³-hybridized carbons (Fsp3) is 0.222. The summed E-state index contributed by atoms with van der Waals surface area (Å²) in [5, 5.41) is 2.94. The molecule has 9 heteroatoms. The van der Waals surface area contributed by atoms with Crippen molar-refractivity contribution in [1.82, 2.24) is 4.90 Å². The molecule has 144 valence electrons. The summed E-state index contributed by atoms with van der Waals surface area (Å²) in [4.78, 5) is 25.7.